The Morgan fingerprint density at radius 3 is 2.74 bits per heavy atom. The van der Waals surface area contributed by atoms with E-state index in [0.717, 1.165) is 0 Å². The van der Waals surface area contributed by atoms with E-state index in [-0.39, 0.29) is 37.9 Å². The van der Waals surface area contributed by atoms with Gasteiger partial charge in [-0.25, -0.2) is 0 Å². The second-order valence-corrected chi connectivity index (χ2v) is 8.32. The molecule has 0 radical (unpaired) electrons. The second kappa shape index (κ2) is 12.2. The number of aryl methyl sites for hydroxylation is 1. The molecule has 0 aliphatic carbocycles. The first-order valence-corrected chi connectivity index (χ1v) is 11.8. The summed E-state index contributed by atoms with van der Waals surface area (Å²) in [7, 11) is 0. The number of para-hydroxylation sites is 2. The van der Waals surface area contributed by atoms with E-state index >= 15 is 0 Å². The number of ether oxygens (including phenoxy) is 3. The molecule has 1 aliphatic rings. The number of amides is 2. The molecule has 2 amide bonds. The fourth-order valence-electron chi connectivity index (χ4n) is 3.59. The Kier molecular flexibility index (Phi) is 8.58. The molecule has 9 nitrogen and oxygen atoms in total. The second-order valence-electron chi connectivity index (χ2n) is 7.89. The lowest BCUT2D eigenvalue weighted by atomic mass is 10.2. The van der Waals surface area contributed by atoms with Crippen LogP contribution in [0.3, 0.4) is 0 Å². The van der Waals surface area contributed by atoms with Crippen molar-refractivity contribution in [2.24, 2.45) is 0 Å². The molecule has 2 aromatic carbocycles. The van der Waals surface area contributed by atoms with Crippen LogP contribution in [0.5, 0.6) is 17.2 Å². The lowest BCUT2D eigenvalue weighted by Gasteiger charge is -2.22. The molecule has 35 heavy (non-hydrogen) atoms. The maximum absolute atomic E-state index is 12.9. The van der Waals surface area contributed by atoms with Crippen molar-refractivity contribution in [2.75, 3.05) is 38.2 Å². The molecular weight excluding hydrogens is 472 g/mol. The van der Waals surface area contributed by atoms with Gasteiger partial charge >= 0.3 is 0 Å². The smallest absolute Gasteiger partial charge is 0.244 e. The van der Waals surface area contributed by atoms with E-state index in [1.165, 1.54) is 4.90 Å². The van der Waals surface area contributed by atoms with Crippen LogP contribution < -0.4 is 14.8 Å². The van der Waals surface area contributed by atoms with Gasteiger partial charge in [-0.3, -0.25) is 14.3 Å². The highest BCUT2D eigenvalue weighted by atomic mass is 35.5. The van der Waals surface area contributed by atoms with Gasteiger partial charge in [0.25, 0.3) is 0 Å². The number of hydrogen-bond acceptors (Lipinski definition) is 6. The van der Waals surface area contributed by atoms with Crippen molar-refractivity contribution in [3.05, 3.63) is 65.9 Å². The predicted octanol–water partition coefficient (Wildman–Crippen LogP) is 3.99. The monoisotopic (exact) mass is 498 g/mol. The fourth-order valence-corrected chi connectivity index (χ4v) is 3.76. The minimum atomic E-state index is -0.364. The molecule has 10 heteroatoms. The van der Waals surface area contributed by atoms with Gasteiger partial charge in [0.2, 0.25) is 11.8 Å². The van der Waals surface area contributed by atoms with Gasteiger partial charge in [0.1, 0.15) is 6.61 Å². The number of benzene rings is 2. The summed E-state index contributed by atoms with van der Waals surface area (Å²) >= 11 is 6.18. The van der Waals surface area contributed by atoms with Crippen LogP contribution in [0.4, 0.5) is 5.69 Å². The molecule has 0 saturated carbocycles. The molecule has 0 bridgehead atoms. The number of halogens is 1. The lowest BCUT2D eigenvalue weighted by molar-refractivity contribution is -0.135. The fraction of sp³-hybridized carbons (Fsp3) is 0.320. The Morgan fingerprint density at radius 2 is 1.91 bits per heavy atom. The quantitative estimate of drug-likeness (QED) is 0.584. The first kappa shape index (κ1) is 24.6. The molecule has 0 saturated heterocycles. The van der Waals surface area contributed by atoms with Gasteiger partial charge in [-0.05, 0) is 42.8 Å². The maximum Gasteiger partial charge on any atom is 0.244 e. The number of nitrogens with one attached hydrogen (secondary N) is 1. The molecule has 4 rings (SSSR count). The average molecular weight is 499 g/mol. The number of carbonyl (C=O) groups excluding carboxylic acids is 2. The number of fused-ring (bicyclic) bond motifs is 2. The van der Waals surface area contributed by atoms with E-state index in [1.807, 2.05) is 24.4 Å². The number of aromatic nitrogens is 2. The van der Waals surface area contributed by atoms with Crippen LogP contribution in [-0.2, 0) is 20.9 Å². The summed E-state index contributed by atoms with van der Waals surface area (Å²) in [5, 5.41) is 7.41. The van der Waals surface area contributed by atoms with E-state index < -0.39 is 0 Å². The SMILES string of the molecule is O=C1CN(C(=O)CCCn2cccn2)CCOCCOc2ccccc2Oc2ccc(Cl)cc2N1. The minimum Gasteiger partial charge on any atom is -0.487 e. The summed E-state index contributed by atoms with van der Waals surface area (Å²) in [5.41, 5.74) is 0.398. The molecule has 1 N–H and O–H groups in total. The third kappa shape index (κ3) is 7.21. The molecule has 0 unspecified atom stereocenters. The normalized spacial score (nSPS) is 14.9. The standard InChI is InChI=1S/C25H27ClN4O5/c26-19-8-9-21-20(17-19)28-24(31)18-29(25(32)7-3-11-30-12-4-10-27-30)13-14-33-15-16-34-22-5-1-2-6-23(22)35-21/h1-2,4-6,8-10,12,17H,3,7,11,13-16,18H2,(H,28,31). The van der Waals surface area contributed by atoms with E-state index in [1.54, 1.807) is 41.2 Å². The molecule has 184 valence electrons. The van der Waals surface area contributed by atoms with Gasteiger partial charge in [-0.1, -0.05) is 23.7 Å². The van der Waals surface area contributed by atoms with Crippen molar-refractivity contribution in [3.63, 3.8) is 0 Å². The highest BCUT2D eigenvalue weighted by molar-refractivity contribution is 6.31. The van der Waals surface area contributed by atoms with Crippen LogP contribution >= 0.6 is 11.6 Å². The van der Waals surface area contributed by atoms with Crippen molar-refractivity contribution in [1.82, 2.24) is 14.7 Å². The third-order valence-electron chi connectivity index (χ3n) is 5.30. The van der Waals surface area contributed by atoms with Crippen LogP contribution in [0.2, 0.25) is 5.02 Å². The molecule has 0 spiro atoms. The van der Waals surface area contributed by atoms with Gasteiger partial charge in [0.05, 0.1) is 25.4 Å². The number of rotatable bonds is 4. The van der Waals surface area contributed by atoms with Gasteiger partial charge < -0.3 is 24.4 Å². The molecule has 0 atom stereocenters. The van der Waals surface area contributed by atoms with Crippen molar-refractivity contribution in [1.29, 1.82) is 0 Å². The number of nitrogens with zero attached hydrogens (tertiary/aromatic N) is 3. The number of hydrogen-bond donors (Lipinski definition) is 1. The van der Waals surface area contributed by atoms with Crippen molar-refractivity contribution < 1.29 is 23.8 Å². The largest absolute Gasteiger partial charge is 0.487 e. The average Bonchev–Trinajstić information content (AvgIpc) is 3.36. The first-order valence-electron chi connectivity index (χ1n) is 11.4. The lowest BCUT2D eigenvalue weighted by Crippen LogP contribution is -2.40. The van der Waals surface area contributed by atoms with E-state index in [0.29, 0.717) is 54.1 Å². The van der Waals surface area contributed by atoms with E-state index in [2.05, 4.69) is 10.4 Å². The minimum absolute atomic E-state index is 0.122. The predicted molar refractivity (Wildman–Crippen MR) is 131 cm³/mol. The van der Waals surface area contributed by atoms with Crippen LogP contribution in [0.1, 0.15) is 12.8 Å². The summed E-state index contributed by atoms with van der Waals surface area (Å²) in [4.78, 5) is 27.3. The molecule has 2 heterocycles. The maximum atomic E-state index is 12.9. The van der Waals surface area contributed by atoms with Crippen molar-refractivity contribution in [3.8, 4) is 17.2 Å². The summed E-state index contributed by atoms with van der Waals surface area (Å²) in [5.74, 6) is 0.951. The Balaban J connectivity index is 1.49. The Bertz CT molecular complexity index is 1140. The van der Waals surface area contributed by atoms with Gasteiger partial charge in [-0.15, -0.1) is 0 Å². The van der Waals surface area contributed by atoms with E-state index in [9.17, 15) is 9.59 Å². The van der Waals surface area contributed by atoms with E-state index in [4.69, 9.17) is 25.8 Å². The van der Waals surface area contributed by atoms with Crippen molar-refractivity contribution in [2.45, 2.75) is 19.4 Å². The zero-order chi connectivity index (χ0) is 24.5. The summed E-state index contributed by atoms with van der Waals surface area (Å²) in [6, 6.07) is 14.0. The van der Waals surface area contributed by atoms with Gasteiger partial charge in [0.15, 0.2) is 17.2 Å². The highest BCUT2D eigenvalue weighted by Gasteiger charge is 2.19. The molecule has 0 fully saturated rings. The summed E-state index contributed by atoms with van der Waals surface area (Å²) in [6.45, 7) is 1.70. The molecule has 3 aromatic rings. The zero-order valence-electron chi connectivity index (χ0n) is 19.2. The first-order chi connectivity index (χ1) is 17.1. The van der Waals surface area contributed by atoms with Crippen LogP contribution in [0.15, 0.2) is 60.9 Å². The topological polar surface area (TPSA) is 94.9 Å². The Hall–Kier alpha value is -3.56. The Labute approximate surface area is 208 Å². The van der Waals surface area contributed by atoms with Crippen molar-refractivity contribution >= 4 is 29.1 Å². The molecule has 1 aliphatic heterocycles. The molecule has 1 aromatic heterocycles. The summed E-state index contributed by atoms with van der Waals surface area (Å²) < 4.78 is 19.3. The van der Waals surface area contributed by atoms with Crippen LogP contribution in [0.25, 0.3) is 0 Å². The van der Waals surface area contributed by atoms with Gasteiger partial charge in [-0.2, -0.15) is 5.10 Å². The number of carbonyl (C=O) groups is 2. The number of anilines is 1. The summed E-state index contributed by atoms with van der Waals surface area (Å²) in [6.07, 6.45) is 4.44. The van der Waals surface area contributed by atoms with Crippen LogP contribution in [-0.4, -0.2) is 59.4 Å². The third-order valence-corrected chi connectivity index (χ3v) is 5.53. The highest BCUT2D eigenvalue weighted by Crippen LogP contribution is 2.36. The molecular formula is C25H27ClN4O5. The van der Waals surface area contributed by atoms with Crippen LogP contribution in [0, 0.1) is 0 Å². The zero-order valence-corrected chi connectivity index (χ0v) is 19.9. The Morgan fingerprint density at radius 1 is 1.06 bits per heavy atom. The van der Waals surface area contributed by atoms with Gasteiger partial charge in [0, 0.05) is 36.9 Å².